The summed E-state index contributed by atoms with van der Waals surface area (Å²) in [4.78, 5) is 30.7. The van der Waals surface area contributed by atoms with Gasteiger partial charge in [-0.3, -0.25) is 27.9 Å². The largest absolute Gasteiger partial charge is 0.387 e. The number of fused-ring (bicyclic) bond motifs is 4. The Morgan fingerprint density at radius 1 is 1.16 bits per heavy atom. The van der Waals surface area contributed by atoms with E-state index in [-0.39, 0.29) is 41.7 Å². The smallest absolute Gasteiger partial charge is 0.386 e. The van der Waals surface area contributed by atoms with Crippen molar-refractivity contribution in [3.8, 4) is 6.07 Å². The lowest BCUT2D eigenvalue weighted by Crippen LogP contribution is -2.35. The Labute approximate surface area is 253 Å². The van der Waals surface area contributed by atoms with E-state index in [9.17, 15) is 24.3 Å². The Morgan fingerprint density at radius 3 is 2.72 bits per heavy atom. The fraction of sp³-hybridized carbons (Fsp3) is 0.524. The molecule has 0 amide bonds. The van der Waals surface area contributed by atoms with Crippen molar-refractivity contribution in [2.75, 3.05) is 24.3 Å². The number of thiol groups is 2. The number of aromatic nitrogens is 6. The van der Waals surface area contributed by atoms with Crippen LogP contribution in [0.2, 0.25) is 0 Å². The monoisotopic (exact) mass is 673 g/mol. The molecule has 2 aliphatic heterocycles. The molecule has 3 fully saturated rings. The molecule has 0 unspecified atom stereocenters. The number of hydrogen-bond acceptors (Lipinski definition) is 16. The zero-order valence-electron chi connectivity index (χ0n) is 21.9. The van der Waals surface area contributed by atoms with Crippen molar-refractivity contribution in [2.45, 2.75) is 49.5 Å². The Kier molecular flexibility index (Phi) is 8.32. The van der Waals surface area contributed by atoms with Gasteiger partial charge in [0.15, 0.2) is 17.4 Å². The minimum atomic E-state index is -4.20. The van der Waals surface area contributed by atoms with E-state index in [0.717, 1.165) is 0 Å². The Balaban J connectivity index is 1.27. The van der Waals surface area contributed by atoms with Crippen LogP contribution in [-0.4, -0.2) is 78.3 Å². The molecule has 22 heteroatoms. The number of aliphatic hydroxyl groups is 1. The lowest BCUT2D eigenvalue weighted by molar-refractivity contribution is -0.0487. The number of rotatable bonds is 3. The molecule has 2 saturated heterocycles. The van der Waals surface area contributed by atoms with E-state index in [0.29, 0.717) is 12.2 Å². The Morgan fingerprint density at radius 2 is 1.93 bits per heavy atom. The minimum absolute atomic E-state index is 0.00318. The SMILES string of the molecule is N#Cc1cncnc1N[C@@H]1C[C@@H]2CO[P@@](=O)(S)O[C@@H]3[C@H](O)[C@@H](CO[P@](=O)(S)O[C@H]2C1)O[C@H]3n1cnc2c(=O)[nH]c(N)nc21. The van der Waals surface area contributed by atoms with E-state index in [1.165, 1.54) is 23.4 Å². The third-order valence-electron chi connectivity index (χ3n) is 7.22. The molecular formula is C21H25N9O9P2S2. The number of nitrogens with one attached hydrogen (secondary N) is 2. The minimum Gasteiger partial charge on any atom is -0.387 e. The normalized spacial score (nSPS) is 36.7. The van der Waals surface area contributed by atoms with Gasteiger partial charge in [0.2, 0.25) is 5.95 Å². The number of nitrogens with zero attached hydrogens (tertiary/aromatic N) is 6. The number of ether oxygens (including phenoxy) is 1. The standard InChI is InChI=1S/C21H25N9O9P2S2/c22-3-10-4-24-7-25-17(10)27-11-1-9-5-35-41(34,43)39-16-15(31)13(6-36-40(33,42)38-12(9)2-11)37-20(16)30-8-26-14-18(30)28-21(23)29-19(14)32/h4,7-9,11-13,15-16,20,31H,1-2,5-6H2,(H,33,42)(H,34,43)(H,24,25,27)(H3,23,28,29,32)/t9-,11-,12+,13-,15-,16-,20-,40+,41-/m1/s1. The summed E-state index contributed by atoms with van der Waals surface area (Å²) >= 11 is 8.26. The van der Waals surface area contributed by atoms with Gasteiger partial charge in [-0.1, -0.05) is 24.5 Å². The molecule has 5 N–H and O–H groups in total. The lowest BCUT2D eigenvalue weighted by atomic mass is 10.1. The van der Waals surface area contributed by atoms with Gasteiger partial charge in [0.25, 0.3) is 5.56 Å². The third kappa shape index (κ3) is 6.33. The van der Waals surface area contributed by atoms with Gasteiger partial charge >= 0.3 is 13.6 Å². The number of nitrogen functional groups attached to an aromatic ring is 1. The highest BCUT2D eigenvalue weighted by Gasteiger charge is 2.51. The van der Waals surface area contributed by atoms with Crippen LogP contribution in [-0.2, 0) is 32.0 Å². The molecule has 5 heterocycles. The van der Waals surface area contributed by atoms with Gasteiger partial charge in [-0.25, -0.2) is 24.1 Å². The number of imidazole rings is 1. The molecular weight excluding hydrogens is 648 g/mol. The molecule has 43 heavy (non-hydrogen) atoms. The lowest BCUT2D eigenvalue weighted by Gasteiger charge is -2.26. The topological polar surface area (TPSA) is 252 Å². The maximum absolute atomic E-state index is 13.5. The number of nitriles is 1. The molecule has 9 atom stereocenters. The zero-order chi connectivity index (χ0) is 30.5. The third-order valence-corrected chi connectivity index (χ3v) is 10.5. The summed E-state index contributed by atoms with van der Waals surface area (Å²) < 4.78 is 56.7. The van der Waals surface area contributed by atoms with E-state index in [4.69, 9.17) is 28.6 Å². The van der Waals surface area contributed by atoms with Crippen LogP contribution in [0.5, 0.6) is 0 Å². The summed E-state index contributed by atoms with van der Waals surface area (Å²) in [5, 5.41) is 23.6. The summed E-state index contributed by atoms with van der Waals surface area (Å²) in [5.74, 6) is -0.384. The highest BCUT2D eigenvalue weighted by atomic mass is 32.7. The van der Waals surface area contributed by atoms with Gasteiger partial charge in [-0.2, -0.15) is 10.2 Å². The summed E-state index contributed by atoms with van der Waals surface area (Å²) in [6, 6.07) is 1.70. The van der Waals surface area contributed by atoms with Crippen molar-refractivity contribution >= 4 is 61.0 Å². The van der Waals surface area contributed by atoms with Crippen LogP contribution in [0.3, 0.4) is 0 Å². The Hall–Kier alpha value is -2.56. The molecule has 1 aliphatic carbocycles. The molecule has 6 rings (SSSR count). The van der Waals surface area contributed by atoms with E-state index < -0.39 is 62.3 Å². The van der Waals surface area contributed by atoms with Gasteiger partial charge in [-0.15, -0.1) is 0 Å². The van der Waals surface area contributed by atoms with Crippen molar-refractivity contribution in [3.05, 3.63) is 34.8 Å². The molecule has 2 bridgehead atoms. The summed E-state index contributed by atoms with van der Waals surface area (Å²) in [6.45, 7) is -8.93. The number of aromatic amines is 1. The van der Waals surface area contributed by atoms with Gasteiger partial charge in [-0.05, 0) is 12.8 Å². The highest BCUT2D eigenvalue weighted by molar-refractivity contribution is 8.44. The fourth-order valence-corrected chi connectivity index (χ4v) is 8.36. The van der Waals surface area contributed by atoms with Crippen LogP contribution in [0.1, 0.15) is 24.6 Å². The van der Waals surface area contributed by atoms with Crippen LogP contribution in [0.25, 0.3) is 11.2 Å². The first-order valence-corrected chi connectivity index (χ1v) is 18.2. The first-order chi connectivity index (χ1) is 20.4. The van der Waals surface area contributed by atoms with Gasteiger partial charge in [0.05, 0.1) is 31.8 Å². The molecule has 18 nitrogen and oxygen atoms in total. The zero-order valence-corrected chi connectivity index (χ0v) is 25.4. The van der Waals surface area contributed by atoms with Crippen LogP contribution in [0.4, 0.5) is 11.8 Å². The average Bonchev–Trinajstić information content (AvgIpc) is 3.62. The van der Waals surface area contributed by atoms with Gasteiger partial charge in [0.1, 0.15) is 42.1 Å². The van der Waals surface area contributed by atoms with Crippen LogP contribution < -0.4 is 16.6 Å². The van der Waals surface area contributed by atoms with Crippen LogP contribution >= 0.6 is 38.1 Å². The fourth-order valence-electron chi connectivity index (χ4n) is 5.29. The number of anilines is 2. The second kappa shape index (κ2) is 11.7. The van der Waals surface area contributed by atoms with Crippen LogP contribution in [0.15, 0.2) is 23.6 Å². The Bertz CT molecular complexity index is 1740. The molecule has 0 radical (unpaired) electrons. The van der Waals surface area contributed by atoms with E-state index in [1.807, 2.05) is 6.07 Å². The molecule has 0 spiro atoms. The molecule has 3 aromatic heterocycles. The van der Waals surface area contributed by atoms with Gasteiger partial charge < -0.3 is 25.4 Å². The number of aliphatic hydroxyl groups excluding tert-OH is 1. The van der Waals surface area contributed by atoms with Crippen molar-refractivity contribution in [1.82, 2.24) is 29.5 Å². The number of H-pyrrole nitrogens is 1. The maximum Gasteiger partial charge on any atom is 0.386 e. The van der Waals surface area contributed by atoms with E-state index >= 15 is 0 Å². The molecule has 3 aromatic rings. The first-order valence-electron chi connectivity index (χ1n) is 12.8. The quantitative estimate of drug-likeness (QED) is 0.170. The average molecular weight is 674 g/mol. The van der Waals surface area contributed by atoms with Crippen molar-refractivity contribution in [2.24, 2.45) is 5.92 Å². The second-order valence-electron chi connectivity index (χ2n) is 10.0. The molecule has 3 aliphatic rings. The number of nitrogens with two attached hydrogens (primary N) is 1. The van der Waals surface area contributed by atoms with Crippen LogP contribution in [0, 0.1) is 17.2 Å². The summed E-state index contributed by atoms with van der Waals surface area (Å²) in [7, 11) is 0. The maximum atomic E-state index is 13.5. The highest BCUT2D eigenvalue weighted by Crippen LogP contribution is 2.60. The summed E-state index contributed by atoms with van der Waals surface area (Å²) in [5.41, 5.74) is 5.26. The van der Waals surface area contributed by atoms with Crippen molar-refractivity contribution in [3.63, 3.8) is 0 Å². The predicted molar refractivity (Wildman–Crippen MR) is 154 cm³/mol. The van der Waals surface area contributed by atoms with E-state index in [2.05, 4.69) is 54.7 Å². The van der Waals surface area contributed by atoms with Crippen molar-refractivity contribution < 1.29 is 37.1 Å². The predicted octanol–water partition coefficient (Wildman–Crippen LogP) is 1.41. The van der Waals surface area contributed by atoms with Crippen molar-refractivity contribution in [1.29, 1.82) is 5.26 Å². The molecule has 0 aromatic carbocycles. The number of hydrogen-bond donors (Lipinski definition) is 6. The van der Waals surface area contributed by atoms with E-state index in [1.54, 1.807) is 0 Å². The molecule has 230 valence electrons. The molecule has 1 saturated carbocycles. The summed E-state index contributed by atoms with van der Waals surface area (Å²) in [6.07, 6.45) is -1.57. The first kappa shape index (κ1) is 30.5. The second-order valence-corrected chi connectivity index (χ2v) is 15.8. The van der Waals surface area contributed by atoms with Gasteiger partial charge in [0, 0.05) is 12.0 Å².